The lowest BCUT2D eigenvalue weighted by Gasteiger charge is -2.18. The van der Waals surface area contributed by atoms with Crippen LogP contribution in [0.25, 0.3) is 11.2 Å². The van der Waals surface area contributed by atoms with Crippen molar-refractivity contribution in [1.29, 1.82) is 0 Å². The average Bonchev–Trinajstić information content (AvgIpc) is 3.09. The number of likely N-dealkylation sites (N-methyl/N-ethyl adjacent to an activating group) is 1. The first kappa shape index (κ1) is 15.8. The molecule has 1 saturated heterocycles. The number of nitrogens with zero attached hydrogens (tertiary/aromatic N) is 5. The third-order valence-corrected chi connectivity index (χ3v) is 3.90. The monoisotopic (exact) mass is 321 g/mol. The van der Waals surface area contributed by atoms with Crippen LogP contribution in [0.5, 0.6) is 0 Å². The van der Waals surface area contributed by atoms with E-state index in [4.69, 9.17) is 4.74 Å². The summed E-state index contributed by atoms with van der Waals surface area (Å²) >= 11 is 0. The molecule has 1 aliphatic heterocycles. The molecule has 23 heavy (non-hydrogen) atoms. The zero-order valence-electron chi connectivity index (χ0n) is 12.6. The standard InChI is InChI=1S/C14H19N5O4/c1-3-4-18(2)12-9-13(16-6-15-12)19(7-17-9)14-11(22)10(21)8(5-20)23-14/h3,6-8,10-11,14,20-22H,1,4-5H2,2H3/t8-,10-,11-,14?/m1/s1. The smallest absolute Gasteiger partial charge is 0.167 e. The molecule has 0 aliphatic carbocycles. The Morgan fingerprint density at radius 2 is 2.13 bits per heavy atom. The Balaban J connectivity index is 2.01. The number of imidazole rings is 1. The summed E-state index contributed by atoms with van der Waals surface area (Å²) < 4.78 is 7.05. The van der Waals surface area contributed by atoms with Crippen LogP contribution in [0.1, 0.15) is 6.23 Å². The van der Waals surface area contributed by atoms with Crippen molar-refractivity contribution in [2.45, 2.75) is 24.5 Å². The van der Waals surface area contributed by atoms with Crippen LogP contribution in [-0.2, 0) is 4.74 Å². The van der Waals surface area contributed by atoms with Gasteiger partial charge in [0.1, 0.15) is 24.6 Å². The summed E-state index contributed by atoms with van der Waals surface area (Å²) in [6, 6.07) is 0. The molecule has 4 atom stereocenters. The van der Waals surface area contributed by atoms with Crippen molar-refractivity contribution >= 4 is 17.0 Å². The van der Waals surface area contributed by atoms with Gasteiger partial charge in [-0.05, 0) is 0 Å². The van der Waals surface area contributed by atoms with Crippen molar-refractivity contribution in [2.24, 2.45) is 0 Å². The minimum atomic E-state index is -1.19. The van der Waals surface area contributed by atoms with Crippen LogP contribution in [-0.4, -0.2) is 73.3 Å². The second-order valence-electron chi connectivity index (χ2n) is 5.42. The largest absolute Gasteiger partial charge is 0.394 e. The van der Waals surface area contributed by atoms with Gasteiger partial charge in [-0.3, -0.25) is 4.57 Å². The first-order valence-corrected chi connectivity index (χ1v) is 7.20. The molecular weight excluding hydrogens is 302 g/mol. The highest BCUT2D eigenvalue weighted by molar-refractivity contribution is 5.83. The van der Waals surface area contributed by atoms with Crippen LogP contribution in [0.3, 0.4) is 0 Å². The highest BCUT2D eigenvalue weighted by atomic mass is 16.6. The maximum Gasteiger partial charge on any atom is 0.167 e. The van der Waals surface area contributed by atoms with Gasteiger partial charge >= 0.3 is 0 Å². The number of hydrogen-bond donors (Lipinski definition) is 3. The lowest BCUT2D eigenvalue weighted by Crippen LogP contribution is -2.33. The normalized spacial score (nSPS) is 27.5. The topological polar surface area (TPSA) is 117 Å². The summed E-state index contributed by atoms with van der Waals surface area (Å²) in [5.41, 5.74) is 1.02. The van der Waals surface area contributed by atoms with Gasteiger partial charge in [-0.15, -0.1) is 6.58 Å². The molecule has 3 rings (SSSR count). The molecule has 1 aliphatic rings. The fourth-order valence-corrected chi connectivity index (χ4v) is 2.70. The van der Waals surface area contributed by atoms with Gasteiger partial charge in [0.25, 0.3) is 0 Å². The molecule has 3 heterocycles. The maximum absolute atomic E-state index is 10.2. The van der Waals surface area contributed by atoms with E-state index in [1.807, 2.05) is 11.9 Å². The first-order chi connectivity index (χ1) is 11.1. The van der Waals surface area contributed by atoms with Crippen LogP contribution in [0.2, 0.25) is 0 Å². The highest BCUT2D eigenvalue weighted by Crippen LogP contribution is 2.32. The van der Waals surface area contributed by atoms with Crippen molar-refractivity contribution in [2.75, 3.05) is 25.1 Å². The fraction of sp³-hybridized carbons (Fsp3) is 0.500. The summed E-state index contributed by atoms with van der Waals surface area (Å²) in [4.78, 5) is 14.6. The molecule has 1 fully saturated rings. The van der Waals surface area contributed by atoms with E-state index in [0.29, 0.717) is 23.5 Å². The Bertz CT molecular complexity index is 706. The van der Waals surface area contributed by atoms with E-state index < -0.39 is 24.5 Å². The van der Waals surface area contributed by atoms with Gasteiger partial charge in [0.2, 0.25) is 0 Å². The van der Waals surface area contributed by atoms with E-state index >= 15 is 0 Å². The second kappa shape index (κ2) is 6.20. The minimum absolute atomic E-state index is 0.385. The summed E-state index contributed by atoms with van der Waals surface area (Å²) in [5.74, 6) is 0.625. The quantitative estimate of drug-likeness (QED) is 0.604. The van der Waals surface area contributed by atoms with Crippen molar-refractivity contribution in [3.63, 3.8) is 0 Å². The Morgan fingerprint density at radius 1 is 1.35 bits per heavy atom. The third-order valence-electron chi connectivity index (χ3n) is 3.90. The molecular formula is C14H19N5O4. The van der Waals surface area contributed by atoms with Crippen LogP contribution in [0, 0.1) is 0 Å². The van der Waals surface area contributed by atoms with E-state index in [1.165, 1.54) is 17.2 Å². The predicted octanol–water partition coefficient (Wildman–Crippen LogP) is -0.940. The van der Waals surface area contributed by atoms with E-state index in [2.05, 4.69) is 21.5 Å². The number of rotatable bonds is 5. The van der Waals surface area contributed by atoms with Gasteiger partial charge < -0.3 is 25.0 Å². The summed E-state index contributed by atoms with van der Waals surface area (Å²) in [7, 11) is 1.86. The minimum Gasteiger partial charge on any atom is -0.394 e. The van der Waals surface area contributed by atoms with Gasteiger partial charge in [0, 0.05) is 13.6 Å². The van der Waals surface area contributed by atoms with Gasteiger partial charge in [-0.25, -0.2) is 15.0 Å². The number of fused-ring (bicyclic) bond motifs is 1. The zero-order chi connectivity index (χ0) is 16.6. The molecule has 0 spiro atoms. The van der Waals surface area contributed by atoms with Crippen LogP contribution in [0.15, 0.2) is 25.3 Å². The average molecular weight is 321 g/mol. The molecule has 2 aromatic rings. The second-order valence-corrected chi connectivity index (χ2v) is 5.42. The molecule has 0 radical (unpaired) electrons. The number of aliphatic hydroxyl groups is 3. The molecule has 1 unspecified atom stereocenters. The highest BCUT2D eigenvalue weighted by Gasteiger charge is 2.44. The van der Waals surface area contributed by atoms with Gasteiger partial charge in [0.15, 0.2) is 23.2 Å². The van der Waals surface area contributed by atoms with Crippen LogP contribution < -0.4 is 4.90 Å². The molecule has 0 saturated carbocycles. The summed E-state index contributed by atoms with van der Waals surface area (Å²) in [5, 5.41) is 29.2. The maximum atomic E-state index is 10.2. The molecule has 9 nitrogen and oxygen atoms in total. The van der Waals surface area contributed by atoms with E-state index in [-0.39, 0.29) is 6.61 Å². The van der Waals surface area contributed by atoms with E-state index in [1.54, 1.807) is 6.08 Å². The number of anilines is 1. The lowest BCUT2D eigenvalue weighted by atomic mass is 10.1. The van der Waals surface area contributed by atoms with Crippen LogP contribution >= 0.6 is 0 Å². The van der Waals surface area contributed by atoms with Crippen molar-refractivity contribution in [1.82, 2.24) is 19.5 Å². The fourth-order valence-electron chi connectivity index (χ4n) is 2.70. The molecule has 3 N–H and O–H groups in total. The summed E-state index contributed by atoms with van der Waals surface area (Å²) in [6.45, 7) is 3.90. The summed E-state index contributed by atoms with van der Waals surface area (Å²) in [6.07, 6.45) is 0.538. The first-order valence-electron chi connectivity index (χ1n) is 7.20. The van der Waals surface area contributed by atoms with E-state index in [0.717, 1.165) is 0 Å². The Kier molecular flexibility index (Phi) is 4.26. The number of hydrogen-bond acceptors (Lipinski definition) is 8. The van der Waals surface area contributed by atoms with Crippen molar-refractivity contribution in [3.8, 4) is 0 Å². The SMILES string of the molecule is C=CCN(C)c1ncnc2c1ncn2C1O[C@H](CO)[C@@H](O)[C@H]1O. The molecule has 0 aromatic carbocycles. The molecule has 124 valence electrons. The molecule has 9 heteroatoms. The molecule has 2 aromatic heterocycles. The Morgan fingerprint density at radius 3 is 2.78 bits per heavy atom. The van der Waals surface area contributed by atoms with Gasteiger partial charge in [-0.1, -0.05) is 6.08 Å². The predicted molar refractivity (Wildman–Crippen MR) is 81.8 cm³/mol. The number of aliphatic hydroxyl groups excluding tert-OH is 3. The van der Waals surface area contributed by atoms with Crippen molar-refractivity contribution in [3.05, 3.63) is 25.3 Å². The molecule has 0 bridgehead atoms. The molecule has 0 amide bonds. The zero-order valence-corrected chi connectivity index (χ0v) is 12.6. The third kappa shape index (κ3) is 2.57. The van der Waals surface area contributed by atoms with Gasteiger partial charge in [0.05, 0.1) is 12.9 Å². The van der Waals surface area contributed by atoms with Crippen LogP contribution in [0.4, 0.5) is 5.82 Å². The van der Waals surface area contributed by atoms with Crippen molar-refractivity contribution < 1.29 is 20.1 Å². The van der Waals surface area contributed by atoms with E-state index in [9.17, 15) is 15.3 Å². The number of aromatic nitrogens is 4. The Hall–Kier alpha value is -2.07. The van der Waals surface area contributed by atoms with Gasteiger partial charge in [-0.2, -0.15) is 0 Å². The lowest BCUT2D eigenvalue weighted by molar-refractivity contribution is -0.0511. The number of ether oxygens (including phenoxy) is 1. The Labute approximate surface area is 132 Å².